The predicted molar refractivity (Wildman–Crippen MR) is 138 cm³/mol. The molecule has 0 amide bonds. The summed E-state index contributed by atoms with van der Waals surface area (Å²) >= 11 is 4.52. The first-order valence-corrected chi connectivity index (χ1v) is 15.6. The van der Waals surface area contributed by atoms with Crippen LogP contribution < -0.4 is 15.9 Å². The van der Waals surface area contributed by atoms with Crippen LogP contribution in [0.1, 0.15) is 44.9 Å². The van der Waals surface area contributed by atoms with Gasteiger partial charge in [0.2, 0.25) is 0 Å². The van der Waals surface area contributed by atoms with E-state index in [1.807, 2.05) is 0 Å². The van der Waals surface area contributed by atoms with Crippen molar-refractivity contribution in [2.24, 2.45) is 0 Å². The van der Waals surface area contributed by atoms with Gasteiger partial charge in [-0.1, -0.05) is 0 Å². The van der Waals surface area contributed by atoms with Crippen LogP contribution in [0.15, 0.2) is 91.0 Å². The number of unbranched alkanes of at least 4 members (excludes halogenated alkanes) is 6. The molecule has 0 spiro atoms. The molecule has 0 aliphatic heterocycles. The molecule has 3 aromatic carbocycles. The van der Waals surface area contributed by atoms with Crippen LogP contribution in [-0.4, -0.2) is 17.9 Å². The van der Waals surface area contributed by atoms with E-state index in [1.165, 1.54) is 48.0 Å². The van der Waals surface area contributed by atoms with E-state index >= 15 is 0 Å². The third-order valence-electron chi connectivity index (χ3n) is 6.12. The van der Waals surface area contributed by atoms with Crippen molar-refractivity contribution in [3.05, 3.63) is 91.0 Å². The van der Waals surface area contributed by atoms with Gasteiger partial charge in [0, 0.05) is 0 Å². The Morgan fingerprint density at radius 2 is 0.833 bits per heavy atom. The average molecular weight is 485 g/mol. The van der Waals surface area contributed by atoms with Crippen LogP contribution >= 0.6 is 20.8 Å². The monoisotopic (exact) mass is 484 g/mol. The van der Waals surface area contributed by atoms with E-state index < -0.39 is 5.31 Å². The first kappa shape index (κ1) is 23.2. The number of rotatable bonds is 12. The summed E-state index contributed by atoms with van der Waals surface area (Å²) in [4.78, 5) is 0. The summed E-state index contributed by atoms with van der Waals surface area (Å²) in [5.41, 5.74) is 0. The number of aliphatic hydroxyl groups excluding tert-OH is 1. The Kier molecular flexibility index (Phi) is 8.69. The number of halogens is 1. The van der Waals surface area contributed by atoms with Gasteiger partial charge in [0.25, 0.3) is 0 Å². The Balaban J connectivity index is 1.92. The first-order chi connectivity index (χ1) is 14.7. The molecule has 30 heavy (non-hydrogen) atoms. The summed E-state index contributed by atoms with van der Waals surface area (Å²) in [5.74, 6) is 0. The Morgan fingerprint density at radius 3 is 1.20 bits per heavy atom. The summed E-state index contributed by atoms with van der Waals surface area (Å²) < 4.78 is 0. The molecule has 0 saturated heterocycles. The zero-order chi connectivity index (χ0) is 21.1. The van der Waals surface area contributed by atoms with Crippen molar-refractivity contribution in [2.75, 3.05) is 12.8 Å². The molecule has 0 unspecified atom stereocenters. The van der Waals surface area contributed by atoms with E-state index in [0.29, 0.717) is 6.61 Å². The van der Waals surface area contributed by atoms with Gasteiger partial charge >= 0.3 is 191 Å². The van der Waals surface area contributed by atoms with Crippen LogP contribution in [0, 0.1) is 0 Å². The van der Waals surface area contributed by atoms with Gasteiger partial charge in [-0.05, 0) is 0 Å². The van der Waals surface area contributed by atoms with Crippen LogP contribution in [0.5, 0.6) is 0 Å². The average Bonchev–Trinajstić information content (AvgIpc) is 2.82. The zero-order valence-corrected chi connectivity index (χ0v) is 20.3. The Hall–Kier alpha value is -1.47. The zero-order valence-electron chi connectivity index (χ0n) is 17.8. The molecule has 3 heteroatoms. The molecule has 3 aromatic rings. The Labute approximate surface area is 190 Å². The van der Waals surface area contributed by atoms with Gasteiger partial charge < -0.3 is 0 Å². The molecule has 0 aliphatic rings. The van der Waals surface area contributed by atoms with Gasteiger partial charge in [-0.3, -0.25) is 0 Å². The van der Waals surface area contributed by atoms with Crippen molar-refractivity contribution in [1.29, 1.82) is 0 Å². The summed E-state index contributed by atoms with van der Waals surface area (Å²) in [6.45, 7) is 0.323. The second kappa shape index (κ2) is 11.2. The van der Waals surface area contributed by atoms with Gasteiger partial charge in [0.1, 0.15) is 0 Å². The molecule has 0 aliphatic carbocycles. The fraction of sp³-hybridized carbons (Fsp3) is 0.333. The van der Waals surface area contributed by atoms with Crippen molar-refractivity contribution in [2.45, 2.75) is 44.9 Å². The van der Waals surface area contributed by atoms with Gasteiger partial charge in [-0.2, -0.15) is 0 Å². The molecule has 160 valence electrons. The molecular weight excluding hydrogens is 451 g/mol. The van der Waals surface area contributed by atoms with Crippen LogP contribution in [-0.2, 0) is 0 Å². The molecular formula is C27H34BrOP. The van der Waals surface area contributed by atoms with Crippen LogP contribution in [0.2, 0.25) is 0 Å². The van der Waals surface area contributed by atoms with Gasteiger partial charge in [0.05, 0.1) is 0 Å². The summed E-state index contributed by atoms with van der Waals surface area (Å²) in [7, 11) is 0. The SMILES string of the molecule is OCCCCCCCCCP(Br)(c1ccccc1)(c1ccccc1)c1ccccc1. The summed E-state index contributed by atoms with van der Waals surface area (Å²) in [6, 6.07) is 33.2. The maximum absolute atomic E-state index is 8.95. The number of hydrogen-bond donors (Lipinski definition) is 1. The van der Waals surface area contributed by atoms with E-state index in [4.69, 9.17) is 5.11 Å². The maximum atomic E-state index is 8.95. The normalized spacial score (nSPS) is 12.9. The molecule has 0 fully saturated rings. The molecule has 3 rings (SSSR count). The summed E-state index contributed by atoms with van der Waals surface area (Å²) in [6.07, 6.45) is 9.41. The van der Waals surface area contributed by atoms with Gasteiger partial charge in [-0.15, -0.1) is 0 Å². The molecule has 0 bridgehead atoms. The molecule has 0 heterocycles. The van der Waals surface area contributed by atoms with Crippen LogP contribution in [0.4, 0.5) is 0 Å². The van der Waals surface area contributed by atoms with Crippen molar-refractivity contribution < 1.29 is 5.11 Å². The minimum absolute atomic E-state index is 0.323. The second-order valence-electron chi connectivity index (χ2n) is 8.11. The number of benzene rings is 3. The molecule has 0 saturated carbocycles. The molecule has 1 N–H and O–H groups in total. The number of aliphatic hydroxyl groups is 1. The first-order valence-electron chi connectivity index (χ1n) is 11.2. The van der Waals surface area contributed by atoms with Crippen LogP contribution in [0.3, 0.4) is 0 Å². The van der Waals surface area contributed by atoms with E-state index in [0.717, 1.165) is 19.0 Å². The van der Waals surface area contributed by atoms with Crippen molar-refractivity contribution in [3.8, 4) is 0 Å². The van der Waals surface area contributed by atoms with Crippen molar-refractivity contribution in [3.63, 3.8) is 0 Å². The van der Waals surface area contributed by atoms with E-state index in [2.05, 4.69) is 106 Å². The molecule has 0 atom stereocenters. The predicted octanol–water partition coefficient (Wildman–Crippen LogP) is 6.55. The molecule has 0 aromatic heterocycles. The quantitative estimate of drug-likeness (QED) is 0.228. The summed E-state index contributed by atoms with van der Waals surface area (Å²) in [5, 5.41) is 10.4. The second-order valence-corrected chi connectivity index (χ2v) is 17.2. The minimum atomic E-state index is -2.74. The third kappa shape index (κ3) is 5.05. The van der Waals surface area contributed by atoms with E-state index in [9.17, 15) is 0 Å². The Morgan fingerprint density at radius 1 is 0.500 bits per heavy atom. The Bertz CT molecular complexity index is 768. The van der Waals surface area contributed by atoms with Crippen LogP contribution in [0.25, 0.3) is 0 Å². The third-order valence-corrected chi connectivity index (χ3v) is 16.1. The van der Waals surface area contributed by atoms with Crippen molar-refractivity contribution in [1.82, 2.24) is 0 Å². The molecule has 0 radical (unpaired) electrons. The fourth-order valence-corrected chi connectivity index (χ4v) is 12.2. The number of hydrogen-bond acceptors (Lipinski definition) is 1. The van der Waals surface area contributed by atoms with E-state index in [1.54, 1.807) is 0 Å². The molecule has 1 nitrogen and oxygen atoms in total. The fourth-order valence-electron chi connectivity index (χ4n) is 4.46. The van der Waals surface area contributed by atoms with E-state index in [-0.39, 0.29) is 0 Å². The standard InChI is InChI=1S/C27H34BrOP/c28-30(25-17-9-6-10-18-25,26-19-11-7-12-20-26,27-21-13-8-14-22-27)24-16-5-3-1-2-4-15-23-29/h6-14,17-22,29H,1-5,15-16,23-24H2. The van der Waals surface area contributed by atoms with Gasteiger partial charge in [0.15, 0.2) is 0 Å². The topological polar surface area (TPSA) is 20.2 Å². The van der Waals surface area contributed by atoms with Gasteiger partial charge in [-0.25, -0.2) is 0 Å². The van der Waals surface area contributed by atoms with Crippen molar-refractivity contribution >= 4 is 36.7 Å².